The van der Waals surface area contributed by atoms with Gasteiger partial charge in [-0.25, -0.2) is 0 Å². The highest BCUT2D eigenvalue weighted by Crippen LogP contribution is 2.44. The van der Waals surface area contributed by atoms with Crippen LogP contribution in [-0.2, 0) is 11.2 Å². The minimum absolute atomic E-state index is 0.0957. The standard InChI is InChI=1S/C24H32N4O2/c1-15(2)26-13-20(14-26)30-24-21(18-11-25-27(12-18)19-6-7-19)9-10-23-22(24)8-5-16(3)28(23)17(4)29/h9-12,15-16,19-20H,5-8,13-14H2,1-4H3/t16-/m0/s1. The van der Waals surface area contributed by atoms with Crippen LogP contribution in [0.15, 0.2) is 24.5 Å². The summed E-state index contributed by atoms with van der Waals surface area (Å²) in [5.41, 5.74) is 4.38. The average Bonchev–Trinajstić information content (AvgIpc) is 3.40. The summed E-state index contributed by atoms with van der Waals surface area (Å²) in [4.78, 5) is 16.8. The number of carbonyl (C=O) groups excluding carboxylic acids is 1. The molecule has 1 saturated carbocycles. The molecular weight excluding hydrogens is 376 g/mol. The predicted octanol–water partition coefficient (Wildman–Crippen LogP) is 4.04. The van der Waals surface area contributed by atoms with Gasteiger partial charge in [-0.15, -0.1) is 0 Å². The molecule has 0 radical (unpaired) electrons. The summed E-state index contributed by atoms with van der Waals surface area (Å²) in [7, 11) is 0. The molecule has 0 N–H and O–H groups in total. The zero-order valence-electron chi connectivity index (χ0n) is 18.5. The van der Waals surface area contributed by atoms with E-state index >= 15 is 0 Å². The minimum Gasteiger partial charge on any atom is -0.487 e. The third-order valence-electron chi connectivity index (χ3n) is 6.81. The maximum atomic E-state index is 12.4. The van der Waals surface area contributed by atoms with Gasteiger partial charge in [-0.3, -0.25) is 14.4 Å². The Labute approximate surface area is 178 Å². The third kappa shape index (κ3) is 3.41. The van der Waals surface area contributed by atoms with E-state index < -0.39 is 0 Å². The Hall–Kier alpha value is -2.34. The highest BCUT2D eigenvalue weighted by atomic mass is 16.5. The largest absolute Gasteiger partial charge is 0.487 e. The summed E-state index contributed by atoms with van der Waals surface area (Å²) in [5, 5.41) is 4.60. The fraction of sp³-hybridized carbons (Fsp3) is 0.583. The van der Waals surface area contributed by atoms with Crippen LogP contribution in [-0.4, -0.2) is 51.9 Å². The Bertz CT molecular complexity index is 956. The second-order valence-corrected chi connectivity index (χ2v) is 9.44. The molecule has 2 fully saturated rings. The molecule has 5 rings (SSSR count). The van der Waals surface area contributed by atoms with E-state index in [1.54, 1.807) is 6.92 Å². The van der Waals surface area contributed by atoms with Gasteiger partial charge in [0.05, 0.1) is 17.9 Å². The van der Waals surface area contributed by atoms with Crippen molar-refractivity contribution >= 4 is 11.6 Å². The quantitative estimate of drug-likeness (QED) is 0.749. The molecule has 1 atom stereocenters. The van der Waals surface area contributed by atoms with Gasteiger partial charge >= 0.3 is 0 Å². The third-order valence-corrected chi connectivity index (χ3v) is 6.81. The van der Waals surface area contributed by atoms with Crippen LogP contribution in [0.4, 0.5) is 5.69 Å². The van der Waals surface area contributed by atoms with Crippen molar-refractivity contribution in [1.29, 1.82) is 0 Å². The molecule has 30 heavy (non-hydrogen) atoms. The van der Waals surface area contributed by atoms with E-state index in [0.29, 0.717) is 12.1 Å². The smallest absolute Gasteiger partial charge is 0.224 e. The zero-order valence-corrected chi connectivity index (χ0v) is 18.5. The summed E-state index contributed by atoms with van der Waals surface area (Å²) < 4.78 is 8.74. The van der Waals surface area contributed by atoms with E-state index in [1.807, 2.05) is 11.1 Å². The fourth-order valence-electron chi connectivity index (χ4n) is 4.79. The number of hydrogen-bond acceptors (Lipinski definition) is 4. The molecule has 2 aromatic rings. The highest BCUT2D eigenvalue weighted by molar-refractivity contribution is 5.95. The topological polar surface area (TPSA) is 50.6 Å². The van der Waals surface area contributed by atoms with Crippen molar-refractivity contribution in [3.8, 4) is 16.9 Å². The summed E-state index contributed by atoms with van der Waals surface area (Å²) >= 11 is 0. The second kappa shape index (κ2) is 7.41. The molecule has 160 valence electrons. The zero-order chi connectivity index (χ0) is 21.0. The molecule has 3 heterocycles. The molecular formula is C24H32N4O2. The van der Waals surface area contributed by atoms with Crippen LogP contribution in [0.5, 0.6) is 5.75 Å². The van der Waals surface area contributed by atoms with Crippen molar-refractivity contribution in [2.75, 3.05) is 18.0 Å². The maximum Gasteiger partial charge on any atom is 0.224 e. The first kappa shape index (κ1) is 19.6. The number of ether oxygens (including phenoxy) is 1. The van der Waals surface area contributed by atoms with Crippen LogP contribution < -0.4 is 9.64 Å². The van der Waals surface area contributed by atoms with E-state index in [9.17, 15) is 4.79 Å². The van der Waals surface area contributed by atoms with Crippen LogP contribution in [0.25, 0.3) is 11.1 Å². The summed E-state index contributed by atoms with van der Waals surface area (Å²) in [6, 6.07) is 5.53. The Morgan fingerprint density at radius 3 is 2.63 bits per heavy atom. The number of amides is 1. The van der Waals surface area contributed by atoms with Gasteiger partial charge in [-0.1, -0.05) is 0 Å². The van der Waals surface area contributed by atoms with Gasteiger partial charge in [0.25, 0.3) is 0 Å². The van der Waals surface area contributed by atoms with Crippen molar-refractivity contribution in [1.82, 2.24) is 14.7 Å². The molecule has 0 spiro atoms. The Morgan fingerprint density at radius 1 is 1.20 bits per heavy atom. The lowest BCUT2D eigenvalue weighted by Gasteiger charge is -2.43. The number of rotatable bonds is 5. The van der Waals surface area contributed by atoms with Crippen molar-refractivity contribution in [3.05, 3.63) is 30.1 Å². The number of carbonyl (C=O) groups is 1. The minimum atomic E-state index is 0.0957. The van der Waals surface area contributed by atoms with Crippen molar-refractivity contribution in [2.24, 2.45) is 0 Å². The van der Waals surface area contributed by atoms with E-state index in [4.69, 9.17) is 4.74 Å². The van der Waals surface area contributed by atoms with Crippen LogP contribution in [0.1, 0.15) is 58.6 Å². The number of likely N-dealkylation sites (tertiary alicyclic amines) is 1. The molecule has 1 amide bonds. The lowest BCUT2D eigenvalue weighted by atomic mass is 9.92. The average molecular weight is 409 g/mol. The molecule has 1 aromatic heterocycles. The molecule has 1 aliphatic carbocycles. The summed E-state index contributed by atoms with van der Waals surface area (Å²) in [6.45, 7) is 10.1. The second-order valence-electron chi connectivity index (χ2n) is 9.44. The van der Waals surface area contributed by atoms with E-state index in [2.05, 4.69) is 53.8 Å². The van der Waals surface area contributed by atoms with Gasteiger partial charge in [0.15, 0.2) is 0 Å². The van der Waals surface area contributed by atoms with Gasteiger partial charge < -0.3 is 9.64 Å². The molecule has 1 aromatic carbocycles. The predicted molar refractivity (Wildman–Crippen MR) is 118 cm³/mol. The first-order valence-electron chi connectivity index (χ1n) is 11.3. The SMILES string of the molecule is CC(=O)N1c2ccc(-c3cnn(C4CC4)c3)c(OC3CN(C(C)C)C3)c2CC[C@@H]1C. The first-order chi connectivity index (χ1) is 14.4. The van der Waals surface area contributed by atoms with Crippen LogP contribution in [0.2, 0.25) is 0 Å². The van der Waals surface area contributed by atoms with Crippen molar-refractivity contribution < 1.29 is 9.53 Å². The molecule has 0 unspecified atom stereocenters. The molecule has 1 saturated heterocycles. The summed E-state index contributed by atoms with van der Waals surface area (Å²) in [5.74, 6) is 1.05. The van der Waals surface area contributed by atoms with Crippen molar-refractivity contribution in [2.45, 2.75) is 77.6 Å². The number of aromatic nitrogens is 2. The monoisotopic (exact) mass is 408 g/mol. The van der Waals surface area contributed by atoms with Gasteiger partial charge in [0.1, 0.15) is 11.9 Å². The van der Waals surface area contributed by atoms with Gasteiger partial charge in [-0.05, 0) is 58.6 Å². The Balaban J connectivity index is 1.53. The van der Waals surface area contributed by atoms with Crippen LogP contribution >= 0.6 is 0 Å². The van der Waals surface area contributed by atoms with Crippen molar-refractivity contribution in [3.63, 3.8) is 0 Å². The number of anilines is 1. The van der Waals surface area contributed by atoms with E-state index in [1.165, 1.54) is 18.4 Å². The first-order valence-corrected chi connectivity index (χ1v) is 11.3. The normalized spacial score (nSPS) is 22.2. The Morgan fingerprint density at radius 2 is 1.97 bits per heavy atom. The van der Waals surface area contributed by atoms with Gasteiger partial charge in [0.2, 0.25) is 5.91 Å². The van der Waals surface area contributed by atoms with Crippen LogP contribution in [0.3, 0.4) is 0 Å². The molecule has 0 bridgehead atoms. The highest BCUT2D eigenvalue weighted by Gasteiger charge is 2.35. The van der Waals surface area contributed by atoms with E-state index in [-0.39, 0.29) is 18.1 Å². The van der Waals surface area contributed by atoms with E-state index in [0.717, 1.165) is 48.5 Å². The maximum absolute atomic E-state index is 12.4. The number of benzene rings is 1. The summed E-state index contributed by atoms with van der Waals surface area (Å²) in [6.07, 6.45) is 8.63. The lowest BCUT2D eigenvalue weighted by Crippen LogP contribution is -2.56. The number of fused-ring (bicyclic) bond motifs is 1. The number of nitrogens with zero attached hydrogens (tertiary/aromatic N) is 4. The van der Waals surface area contributed by atoms with Gasteiger partial charge in [0, 0.05) is 55.0 Å². The molecule has 6 nitrogen and oxygen atoms in total. The molecule has 6 heteroatoms. The lowest BCUT2D eigenvalue weighted by molar-refractivity contribution is -0.117. The van der Waals surface area contributed by atoms with Gasteiger partial charge in [-0.2, -0.15) is 5.10 Å². The number of hydrogen-bond donors (Lipinski definition) is 0. The molecule has 2 aliphatic heterocycles. The molecule has 3 aliphatic rings. The van der Waals surface area contributed by atoms with Crippen LogP contribution in [0, 0.1) is 0 Å². The fourth-order valence-corrected chi connectivity index (χ4v) is 4.79. The Kier molecular flexibility index (Phi) is 4.85.